The molecule has 1 aromatic carbocycles. The molecular weight excluding hydrogens is 460 g/mol. The van der Waals surface area contributed by atoms with Crippen LogP contribution in [-0.2, 0) is 23.8 Å². The van der Waals surface area contributed by atoms with Gasteiger partial charge in [0.25, 0.3) is 12.1 Å². The summed E-state index contributed by atoms with van der Waals surface area (Å²) in [5.74, 6) is -1.84. The molecule has 35 heavy (non-hydrogen) atoms. The second-order valence-electron chi connectivity index (χ2n) is 8.49. The van der Waals surface area contributed by atoms with Gasteiger partial charge in [-0.1, -0.05) is 18.2 Å². The van der Waals surface area contributed by atoms with Crippen molar-refractivity contribution in [3.8, 4) is 0 Å². The van der Waals surface area contributed by atoms with Crippen LogP contribution in [-0.4, -0.2) is 82.7 Å². The maximum absolute atomic E-state index is 12.8. The number of pyridine rings is 1. The van der Waals surface area contributed by atoms with Crippen molar-refractivity contribution in [1.29, 1.82) is 0 Å². The van der Waals surface area contributed by atoms with Crippen LogP contribution in [0.3, 0.4) is 0 Å². The molecule has 0 aliphatic carbocycles. The standard InChI is InChI=1S/C24H27N2O9/c1-25-15(11-16(21(25)30)34-23(31)13-7-4-3-5-8-13)14-9-6-10-26(12-14)22-19(29)17(27)18(28)20(35-22)24(32)33-2/h3-10,12,15-20,22,27-29H,11H2,1-2H3/q+1/t15-,16+,17+,18+,19-,20+,22-/m0/s1. The third kappa shape index (κ3) is 4.76. The Labute approximate surface area is 201 Å². The zero-order valence-electron chi connectivity index (χ0n) is 19.1. The predicted molar refractivity (Wildman–Crippen MR) is 116 cm³/mol. The molecule has 2 fully saturated rings. The molecule has 4 rings (SSSR count). The summed E-state index contributed by atoms with van der Waals surface area (Å²) in [6.07, 6.45) is -5.20. The summed E-state index contributed by atoms with van der Waals surface area (Å²) in [7, 11) is 2.71. The number of carbonyl (C=O) groups is 3. The second kappa shape index (κ2) is 10.1. The number of ether oxygens (including phenoxy) is 3. The average Bonchev–Trinajstić information content (AvgIpc) is 3.16. The van der Waals surface area contributed by atoms with Gasteiger partial charge in [0.1, 0.15) is 12.2 Å². The third-order valence-corrected chi connectivity index (χ3v) is 6.33. The minimum atomic E-state index is -1.67. The predicted octanol–water partition coefficient (Wildman–Crippen LogP) is -0.744. The Hall–Kier alpha value is -3.38. The third-order valence-electron chi connectivity index (χ3n) is 6.33. The molecule has 0 saturated carbocycles. The number of likely N-dealkylation sites (tertiary alicyclic amines) is 1. The number of amides is 1. The first-order chi connectivity index (χ1) is 16.7. The average molecular weight is 487 g/mol. The van der Waals surface area contributed by atoms with E-state index in [1.165, 1.54) is 9.47 Å². The topological polar surface area (TPSA) is 147 Å². The van der Waals surface area contributed by atoms with Crippen molar-refractivity contribution in [2.75, 3.05) is 14.2 Å². The van der Waals surface area contributed by atoms with Gasteiger partial charge in [0, 0.05) is 25.1 Å². The van der Waals surface area contributed by atoms with E-state index in [2.05, 4.69) is 4.74 Å². The van der Waals surface area contributed by atoms with E-state index in [9.17, 15) is 29.7 Å². The number of hydrogen-bond acceptors (Lipinski definition) is 9. The number of aromatic nitrogens is 1. The van der Waals surface area contributed by atoms with Gasteiger partial charge in [0.15, 0.2) is 30.7 Å². The van der Waals surface area contributed by atoms with Crippen LogP contribution in [0, 0.1) is 0 Å². The Bertz CT molecular complexity index is 1100. The number of aliphatic hydroxyl groups is 3. The fourth-order valence-corrected chi connectivity index (χ4v) is 4.36. The highest BCUT2D eigenvalue weighted by Gasteiger charge is 2.51. The molecule has 3 N–H and O–H groups in total. The number of rotatable bonds is 5. The van der Waals surface area contributed by atoms with Crippen molar-refractivity contribution in [2.45, 2.75) is 49.2 Å². The van der Waals surface area contributed by atoms with Crippen molar-refractivity contribution in [3.63, 3.8) is 0 Å². The van der Waals surface area contributed by atoms with Crippen LogP contribution in [0.4, 0.5) is 0 Å². The highest BCUT2D eigenvalue weighted by molar-refractivity contribution is 5.93. The smallest absolute Gasteiger partial charge is 0.338 e. The normalized spacial score (nSPS) is 30.7. The molecule has 0 bridgehead atoms. The van der Waals surface area contributed by atoms with Crippen LogP contribution in [0.25, 0.3) is 0 Å². The minimum absolute atomic E-state index is 0.206. The van der Waals surface area contributed by atoms with E-state index in [1.54, 1.807) is 61.9 Å². The first-order valence-electron chi connectivity index (χ1n) is 11.0. The van der Waals surface area contributed by atoms with Gasteiger partial charge >= 0.3 is 11.9 Å². The summed E-state index contributed by atoms with van der Waals surface area (Å²) < 4.78 is 17.1. The van der Waals surface area contributed by atoms with Crippen LogP contribution in [0.5, 0.6) is 0 Å². The largest absolute Gasteiger partial charge is 0.467 e. The van der Waals surface area contributed by atoms with E-state index in [4.69, 9.17) is 9.47 Å². The van der Waals surface area contributed by atoms with Crippen molar-refractivity contribution in [3.05, 3.63) is 66.0 Å². The fourth-order valence-electron chi connectivity index (χ4n) is 4.36. The van der Waals surface area contributed by atoms with E-state index in [-0.39, 0.29) is 12.3 Å². The molecule has 2 aliphatic heterocycles. The maximum Gasteiger partial charge on any atom is 0.338 e. The van der Waals surface area contributed by atoms with Gasteiger partial charge in [-0.15, -0.1) is 0 Å². The number of benzene rings is 1. The first kappa shape index (κ1) is 24.7. The number of methoxy groups -OCH3 is 1. The number of aliphatic hydroxyl groups excluding tert-OH is 3. The second-order valence-corrected chi connectivity index (χ2v) is 8.49. The molecule has 0 spiro atoms. The summed E-state index contributed by atoms with van der Waals surface area (Å²) in [5.41, 5.74) is 0.987. The van der Waals surface area contributed by atoms with Crippen molar-refractivity contribution in [2.24, 2.45) is 0 Å². The summed E-state index contributed by atoms with van der Waals surface area (Å²) in [5, 5.41) is 30.9. The van der Waals surface area contributed by atoms with Crippen LogP contribution in [0.15, 0.2) is 54.9 Å². The van der Waals surface area contributed by atoms with E-state index >= 15 is 0 Å². The molecule has 1 amide bonds. The van der Waals surface area contributed by atoms with Crippen LogP contribution >= 0.6 is 0 Å². The molecule has 3 heterocycles. The zero-order chi connectivity index (χ0) is 25.3. The van der Waals surface area contributed by atoms with Crippen molar-refractivity contribution in [1.82, 2.24) is 4.90 Å². The quantitative estimate of drug-likeness (QED) is 0.366. The highest BCUT2D eigenvalue weighted by atomic mass is 16.6. The van der Waals surface area contributed by atoms with E-state index in [1.807, 2.05) is 0 Å². The molecule has 11 nitrogen and oxygen atoms in total. The molecule has 2 aromatic rings. The summed E-state index contributed by atoms with van der Waals surface area (Å²) in [4.78, 5) is 38.7. The number of nitrogens with zero attached hydrogens (tertiary/aromatic N) is 2. The van der Waals surface area contributed by atoms with E-state index in [0.717, 1.165) is 7.11 Å². The Balaban J connectivity index is 1.54. The lowest BCUT2D eigenvalue weighted by Gasteiger charge is -2.36. The van der Waals surface area contributed by atoms with Gasteiger partial charge in [-0.05, 0) is 18.2 Å². The van der Waals surface area contributed by atoms with Crippen LogP contribution in [0.2, 0.25) is 0 Å². The van der Waals surface area contributed by atoms with Crippen LogP contribution in [0.1, 0.15) is 34.6 Å². The first-order valence-corrected chi connectivity index (χ1v) is 11.0. The van der Waals surface area contributed by atoms with Crippen LogP contribution < -0.4 is 4.57 Å². The SMILES string of the molecule is COC(=O)[C@@H]1O[C@H]([n+]2cccc([C@@H]3C[C@@H](OC(=O)c4ccccc4)C(=O)N3C)c2)[C@@H](O)[C@H](O)[C@H]1O. The van der Waals surface area contributed by atoms with Gasteiger partial charge in [-0.3, -0.25) is 4.79 Å². The highest BCUT2D eigenvalue weighted by Crippen LogP contribution is 2.33. The Morgan fingerprint density at radius 3 is 2.46 bits per heavy atom. The molecule has 1 aromatic heterocycles. The molecule has 11 heteroatoms. The zero-order valence-corrected chi connectivity index (χ0v) is 19.1. The molecule has 0 unspecified atom stereocenters. The summed E-state index contributed by atoms with van der Waals surface area (Å²) >= 11 is 0. The monoisotopic (exact) mass is 487 g/mol. The number of hydrogen-bond donors (Lipinski definition) is 3. The maximum atomic E-state index is 12.8. The Kier molecular flexibility index (Phi) is 7.13. The molecule has 7 atom stereocenters. The lowest BCUT2D eigenvalue weighted by Crippen LogP contribution is -2.63. The van der Waals surface area contributed by atoms with Gasteiger partial charge < -0.3 is 34.4 Å². The minimum Gasteiger partial charge on any atom is -0.467 e. The molecule has 0 radical (unpaired) electrons. The van der Waals surface area contributed by atoms with Gasteiger partial charge in [-0.25, -0.2) is 9.59 Å². The summed E-state index contributed by atoms with van der Waals surface area (Å²) in [6.45, 7) is 0. The van der Waals surface area contributed by atoms with Gasteiger partial charge in [0.2, 0.25) is 0 Å². The van der Waals surface area contributed by atoms with E-state index in [0.29, 0.717) is 11.1 Å². The Morgan fingerprint density at radius 1 is 1.06 bits per heavy atom. The summed E-state index contributed by atoms with van der Waals surface area (Å²) in [6, 6.07) is 11.3. The molecule has 2 aliphatic rings. The fraction of sp³-hybridized carbons (Fsp3) is 0.417. The number of esters is 2. The molecular formula is C24H27N2O9+. The van der Waals surface area contributed by atoms with Crippen molar-refractivity contribution >= 4 is 17.8 Å². The lowest BCUT2D eigenvalue weighted by molar-refractivity contribution is -0.777. The van der Waals surface area contributed by atoms with Gasteiger partial charge in [-0.2, -0.15) is 4.57 Å². The number of carbonyl (C=O) groups excluding carboxylic acids is 3. The molecule has 186 valence electrons. The molecule has 2 saturated heterocycles. The van der Waals surface area contributed by atoms with E-state index < -0.39 is 54.7 Å². The number of likely N-dealkylation sites (N-methyl/N-ethyl adjacent to an activating group) is 1. The van der Waals surface area contributed by atoms with Gasteiger partial charge in [0.05, 0.1) is 18.7 Å². The van der Waals surface area contributed by atoms with Crippen molar-refractivity contribution < 1.29 is 48.5 Å². The Morgan fingerprint density at radius 2 is 1.77 bits per heavy atom. The lowest BCUT2D eigenvalue weighted by atomic mass is 9.97.